The van der Waals surface area contributed by atoms with Gasteiger partial charge in [0.1, 0.15) is 5.75 Å². The van der Waals surface area contributed by atoms with Crippen LogP contribution in [0.4, 0.5) is 17.1 Å². The van der Waals surface area contributed by atoms with Crippen molar-refractivity contribution in [3.05, 3.63) is 104 Å². The van der Waals surface area contributed by atoms with Crippen LogP contribution in [0.2, 0.25) is 0 Å². The monoisotopic (exact) mass is 407 g/mol. The zero-order chi connectivity index (χ0) is 21.7. The van der Waals surface area contributed by atoms with Gasteiger partial charge in [-0.05, 0) is 36.4 Å². The molecule has 150 valence electrons. The molecule has 0 bridgehead atoms. The van der Waals surface area contributed by atoms with Crippen molar-refractivity contribution in [2.45, 2.75) is 0 Å². The number of hydrogen-bond donors (Lipinski definition) is 1. The molecule has 0 fully saturated rings. The third-order valence-electron chi connectivity index (χ3n) is 3.96. The van der Waals surface area contributed by atoms with Crippen molar-refractivity contribution in [2.75, 3.05) is 5.32 Å². The molecule has 0 atom stereocenters. The molecule has 0 spiro atoms. The van der Waals surface area contributed by atoms with Gasteiger partial charge in [0.25, 0.3) is 17.3 Å². The molecule has 10 nitrogen and oxygen atoms in total. The lowest BCUT2D eigenvalue weighted by Crippen LogP contribution is -2.12. The molecular weight excluding hydrogens is 394 g/mol. The van der Waals surface area contributed by atoms with Gasteiger partial charge in [-0.3, -0.25) is 25.0 Å². The van der Waals surface area contributed by atoms with Crippen LogP contribution in [0.15, 0.2) is 72.8 Å². The van der Waals surface area contributed by atoms with Gasteiger partial charge in [-0.25, -0.2) is 4.79 Å². The Bertz CT molecular complexity index is 1040. The van der Waals surface area contributed by atoms with Crippen molar-refractivity contribution < 1.29 is 24.2 Å². The predicted octanol–water partition coefficient (Wildman–Crippen LogP) is 3.97. The van der Waals surface area contributed by atoms with Crippen LogP contribution < -0.4 is 10.1 Å². The van der Waals surface area contributed by atoms with Crippen molar-refractivity contribution in [1.29, 1.82) is 0 Å². The molecule has 0 radical (unpaired) electrons. The van der Waals surface area contributed by atoms with Gasteiger partial charge in [-0.1, -0.05) is 6.07 Å². The van der Waals surface area contributed by atoms with Crippen LogP contribution in [-0.2, 0) is 0 Å². The van der Waals surface area contributed by atoms with Crippen LogP contribution in [0.1, 0.15) is 20.7 Å². The second kappa shape index (κ2) is 8.61. The Morgan fingerprint density at radius 1 is 0.767 bits per heavy atom. The summed E-state index contributed by atoms with van der Waals surface area (Å²) in [5, 5.41) is 24.0. The average molecular weight is 407 g/mol. The molecule has 0 saturated carbocycles. The van der Waals surface area contributed by atoms with E-state index in [0.29, 0.717) is 5.69 Å². The third kappa shape index (κ3) is 4.81. The zero-order valence-corrected chi connectivity index (χ0v) is 15.2. The number of anilines is 1. The lowest BCUT2D eigenvalue weighted by Gasteiger charge is -2.08. The maximum atomic E-state index is 12.3. The van der Waals surface area contributed by atoms with Gasteiger partial charge < -0.3 is 10.1 Å². The molecule has 0 aliphatic rings. The molecule has 1 N–H and O–H groups in total. The van der Waals surface area contributed by atoms with E-state index in [9.17, 15) is 29.8 Å². The number of hydrogen-bond acceptors (Lipinski definition) is 7. The number of benzene rings is 3. The Hall–Kier alpha value is -4.60. The van der Waals surface area contributed by atoms with Crippen molar-refractivity contribution in [2.24, 2.45) is 0 Å². The fourth-order valence-corrected chi connectivity index (χ4v) is 2.46. The number of nitrogens with one attached hydrogen (secondary N) is 1. The molecule has 3 rings (SSSR count). The number of nitro groups is 2. The maximum absolute atomic E-state index is 12.3. The summed E-state index contributed by atoms with van der Waals surface area (Å²) in [4.78, 5) is 44.7. The Kier molecular flexibility index (Phi) is 5.78. The summed E-state index contributed by atoms with van der Waals surface area (Å²) in [7, 11) is 0. The van der Waals surface area contributed by atoms with E-state index in [1.54, 1.807) is 12.1 Å². The highest BCUT2D eigenvalue weighted by molar-refractivity contribution is 6.04. The molecule has 0 unspecified atom stereocenters. The Labute approximate surface area is 169 Å². The third-order valence-corrected chi connectivity index (χ3v) is 3.96. The lowest BCUT2D eigenvalue weighted by atomic mass is 10.2. The van der Waals surface area contributed by atoms with Gasteiger partial charge in [0.15, 0.2) is 0 Å². The number of nitro benzene ring substituents is 2. The summed E-state index contributed by atoms with van der Waals surface area (Å²) in [5.41, 5.74) is 0.399. The molecule has 0 aromatic heterocycles. The number of amides is 1. The van der Waals surface area contributed by atoms with E-state index in [2.05, 4.69) is 5.32 Å². The molecule has 1 amide bonds. The summed E-state index contributed by atoms with van der Waals surface area (Å²) < 4.78 is 5.24. The van der Waals surface area contributed by atoms with Crippen molar-refractivity contribution in [1.82, 2.24) is 0 Å². The second-order valence-corrected chi connectivity index (χ2v) is 5.98. The summed E-state index contributed by atoms with van der Waals surface area (Å²) >= 11 is 0. The van der Waals surface area contributed by atoms with Gasteiger partial charge in [0, 0.05) is 41.6 Å². The summed E-state index contributed by atoms with van der Waals surface area (Å²) in [6.07, 6.45) is 0. The Balaban J connectivity index is 1.68. The van der Waals surface area contributed by atoms with Gasteiger partial charge in [0.2, 0.25) is 0 Å². The number of esters is 1. The molecule has 0 heterocycles. The minimum Gasteiger partial charge on any atom is -0.423 e. The SMILES string of the molecule is O=C(Nc1cccc(OC(=O)c2ccc([N+](=O)[O-])cc2)c1)c1ccc([N+](=O)[O-])cc1. The zero-order valence-electron chi connectivity index (χ0n) is 15.2. The minimum atomic E-state index is -0.719. The molecule has 3 aromatic carbocycles. The van der Waals surface area contributed by atoms with Crippen LogP contribution in [0.5, 0.6) is 5.75 Å². The molecular formula is C20H13N3O7. The molecule has 30 heavy (non-hydrogen) atoms. The van der Waals surface area contributed by atoms with E-state index < -0.39 is 21.7 Å². The van der Waals surface area contributed by atoms with Crippen LogP contribution in [0, 0.1) is 20.2 Å². The van der Waals surface area contributed by atoms with Crippen molar-refractivity contribution in [3.63, 3.8) is 0 Å². The average Bonchev–Trinajstić information content (AvgIpc) is 2.74. The molecule has 10 heteroatoms. The molecule has 3 aromatic rings. The number of carbonyl (C=O) groups excluding carboxylic acids is 2. The van der Waals surface area contributed by atoms with Crippen LogP contribution in [0.25, 0.3) is 0 Å². The predicted molar refractivity (Wildman–Crippen MR) is 106 cm³/mol. The van der Waals surface area contributed by atoms with E-state index in [4.69, 9.17) is 4.74 Å². The topological polar surface area (TPSA) is 142 Å². The smallest absolute Gasteiger partial charge is 0.343 e. The molecule has 0 aliphatic carbocycles. The van der Waals surface area contributed by atoms with E-state index >= 15 is 0 Å². The Morgan fingerprint density at radius 2 is 1.30 bits per heavy atom. The highest BCUT2D eigenvalue weighted by atomic mass is 16.6. The summed E-state index contributed by atoms with van der Waals surface area (Å²) in [6, 6.07) is 16.1. The second-order valence-electron chi connectivity index (χ2n) is 5.98. The lowest BCUT2D eigenvalue weighted by molar-refractivity contribution is -0.385. The normalized spacial score (nSPS) is 10.1. The van der Waals surface area contributed by atoms with Crippen LogP contribution >= 0.6 is 0 Å². The highest BCUT2D eigenvalue weighted by Gasteiger charge is 2.13. The van der Waals surface area contributed by atoms with E-state index in [1.165, 1.54) is 60.7 Å². The van der Waals surface area contributed by atoms with E-state index in [0.717, 1.165) is 0 Å². The Morgan fingerprint density at radius 3 is 1.83 bits per heavy atom. The number of nitrogens with zero attached hydrogens (tertiary/aromatic N) is 2. The summed E-state index contributed by atoms with van der Waals surface area (Å²) in [6.45, 7) is 0. The minimum absolute atomic E-state index is 0.126. The molecule has 0 saturated heterocycles. The number of rotatable bonds is 6. The fraction of sp³-hybridized carbons (Fsp3) is 0. The van der Waals surface area contributed by atoms with E-state index in [-0.39, 0.29) is 28.3 Å². The first-order chi connectivity index (χ1) is 14.3. The maximum Gasteiger partial charge on any atom is 0.343 e. The van der Waals surface area contributed by atoms with Gasteiger partial charge in [-0.2, -0.15) is 0 Å². The van der Waals surface area contributed by atoms with Gasteiger partial charge in [0.05, 0.1) is 15.4 Å². The first kappa shape index (κ1) is 20.1. The first-order valence-electron chi connectivity index (χ1n) is 8.46. The van der Waals surface area contributed by atoms with E-state index in [1.807, 2.05) is 0 Å². The van der Waals surface area contributed by atoms with Gasteiger partial charge in [-0.15, -0.1) is 0 Å². The van der Waals surface area contributed by atoms with Crippen LogP contribution in [0.3, 0.4) is 0 Å². The standard InChI is InChI=1S/C20H13N3O7/c24-19(13-4-8-16(9-5-13)22(26)27)21-15-2-1-3-18(12-15)30-20(25)14-6-10-17(11-7-14)23(28)29/h1-12H,(H,21,24). The summed E-state index contributed by atoms with van der Waals surface area (Å²) in [5.74, 6) is -1.06. The van der Waals surface area contributed by atoms with Crippen molar-refractivity contribution in [3.8, 4) is 5.75 Å². The fourth-order valence-electron chi connectivity index (χ4n) is 2.46. The molecule has 0 aliphatic heterocycles. The highest BCUT2D eigenvalue weighted by Crippen LogP contribution is 2.21. The van der Waals surface area contributed by atoms with Crippen molar-refractivity contribution >= 4 is 28.9 Å². The van der Waals surface area contributed by atoms with Gasteiger partial charge >= 0.3 is 5.97 Å². The largest absolute Gasteiger partial charge is 0.423 e. The number of carbonyl (C=O) groups is 2. The number of non-ortho nitro benzene ring substituents is 2. The van der Waals surface area contributed by atoms with Crippen LogP contribution in [-0.4, -0.2) is 21.7 Å². The number of ether oxygens (including phenoxy) is 1. The quantitative estimate of drug-likeness (QED) is 0.282. The first-order valence-corrected chi connectivity index (χ1v) is 8.46.